The minimum Gasteiger partial charge on any atom is -0.494 e. The van der Waals surface area contributed by atoms with Gasteiger partial charge in [0, 0.05) is 5.69 Å². The summed E-state index contributed by atoms with van der Waals surface area (Å²) in [5.74, 6) is 0.953. The number of aryl methyl sites for hydroxylation is 1. The Balaban J connectivity index is 1.72. The third kappa shape index (κ3) is 7.07. The number of benzene rings is 3. The minimum atomic E-state index is -0.479. The monoisotopic (exact) mass is 616 g/mol. The second-order valence-corrected chi connectivity index (χ2v) is 9.19. The van der Waals surface area contributed by atoms with E-state index >= 15 is 0 Å². The molecule has 0 bridgehead atoms. The summed E-state index contributed by atoms with van der Waals surface area (Å²) in [6.45, 7) is 4.96. The molecule has 0 aliphatic rings. The number of nitrogens with one attached hydrogen (secondary N) is 1. The van der Waals surface area contributed by atoms with Gasteiger partial charge in [-0.2, -0.15) is 5.26 Å². The maximum atomic E-state index is 12.6. The molecule has 0 aromatic heterocycles. The van der Waals surface area contributed by atoms with Gasteiger partial charge < -0.3 is 14.8 Å². The van der Waals surface area contributed by atoms with Crippen LogP contribution in [0.3, 0.4) is 0 Å². The Morgan fingerprint density at radius 3 is 2.42 bits per heavy atom. The Labute approximate surface area is 215 Å². The molecule has 0 saturated carbocycles. The highest BCUT2D eigenvalue weighted by molar-refractivity contribution is 14.1. The molecule has 0 heterocycles. The molecule has 3 rings (SSSR count). The first kappa shape index (κ1) is 24.8. The van der Waals surface area contributed by atoms with E-state index in [1.165, 1.54) is 5.56 Å². The van der Waals surface area contributed by atoms with E-state index in [1.54, 1.807) is 30.3 Å². The van der Waals surface area contributed by atoms with Crippen molar-refractivity contribution in [1.29, 1.82) is 5.26 Å². The highest BCUT2D eigenvalue weighted by Crippen LogP contribution is 2.33. The fraction of sp³-hybridized carbons (Fsp3) is 0.154. The van der Waals surface area contributed by atoms with Crippen LogP contribution in [0, 0.1) is 21.8 Å². The lowest BCUT2D eigenvalue weighted by atomic mass is 10.1. The Bertz CT molecular complexity index is 1180. The minimum absolute atomic E-state index is 0.0000848. The number of nitrogens with zero attached hydrogens (tertiary/aromatic N) is 1. The summed E-state index contributed by atoms with van der Waals surface area (Å²) in [5, 5.41) is 12.3. The average molecular weight is 617 g/mol. The fourth-order valence-corrected chi connectivity index (χ4v) is 4.72. The van der Waals surface area contributed by atoms with Crippen molar-refractivity contribution in [3.05, 3.63) is 91.0 Å². The van der Waals surface area contributed by atoms with Gasteiger partial charge in [0.05, 0.1) is 14.6 Å². The summed E-state index contributed by atoms with van der Waals surface area (Å²) >= 11 is 5.74. The van der Waals surface area contributed by atoms with Gasteiger partial charge in [0.2, 0.25) is 0 Å². The van der Waals surface area contributed by atoms with Gasteiger partial charge in [0.1, 0.15) is 29.7 Å². The molecule has 5 nitrogen and oxygen atoms in total. The molecule has 3 aromatic rings. The number of ether oxygens (including phenoxy) is 2. The molecule has 0 aliphatic heterocycles. The zero-order chi connectivity index (χ0) is 23.8. The van der Waals surface area contributed by atoms with Gasteiger partial charge in [-0.05, 0) is 106 Å². The second kappa shape index (κ2) is 11.9. The smallest absolute Gasteiger partial charge is 0.266 e. The van der Waals surface area contributed by atoms with Crippen LogP contribution in [0.15, 0.2) is 70.7 Å². The summed E-state index contributed by atoms with van der Waals surface area (Å²) < 4.78 is 13.0. The molecule has 0 aliphatic carbocycles. The number of carbonyl (C=O) groups is 1. The van der Waals surface area contributed by atoms with Crippen LogP contribution in [0.2, 0.25) is 0 Å². The van der Waals surface area contributed by atoms with Crippen molar-refractivity contribution in [2.24, 2.45) is 0 Å². The first-order valence-corrected chi connectivity index (χ1v) is 12.1. The van der Waals surface area contributed by atoms with Crippen LogP contribution in [-0.4, -0.2) is 12.5 Å². The van der Waals surface area contributed by atoms with Crippen molar-refractivity contribution < 1.29 is 14.3 Å². The fourth-order valence-electron chi connectivity index (χ4n) is 2.96. The number of amides is 1. The molecule has 0 atom stereocenters. The van der Waals surface area contributed by atoms with Crippen molar-refractivity contribution in [2.45, 2.75) is 20.5 Å². The highest BCUT2D eigenvalue weighted by Gasteiger charge is 2.13. The lowest BCUT2D eigenvalue weighted by molar-refractivity contribution is -0.112. The molecule has 3 aromatic carbocycles. The summed E-state index contributed by atoms with van der Waals surface area (Å²) in [5.41, 5.74) is 3.57. The van der Waals surface area contributed by atoms with Gasteiger partial charge in [0.25, 0.3) is 5.91 Å². The van der Waals surface area contributed by atoms with Gasteiger partial charge in [-0.15, -0.1) is 0 Å². The first-order valence-electron chi connectivity index (χ1n) is 10.2. The molecule has 0 radical (unpaired) electrons. The zero-order valence-corrected chi connectivity index (χ0v) is 21.9. The normalized spacial score (nSPS) is 10.9. The second-order valence-electron chi connectivity index (χ2n) is 7.17. The maximum absolute atomic E-state index is 12.6. The maximum Gasteiger partial charge on any atom is 0.266 e. The van der Waals surface area contributed by atoms with E-state index in [0.29, 0.717) is 30.2 Å². The Morgan fingerprint density at radius 1 is 1.12 bits per heavy atom. The first-order chi connectivity index (χ1) is 15.9. The average Bonchev–Trinajstić information content (AvgIpc) is 2.79. The molecule has 1 N–H and O–H groups in total. The van der Waals surface area contributed by atoms with E-state index in [1.807, 2.05) is 44.2 Å². The molecule has 7 heteroatoms. The van der Waals surface area contributed by atoms with Crippen LogP contribution >= 0.6 is 38.5 Å². The van der Waals surface area contributed by atoms with Gasteiger partial charge in [-0.1, -0.05) is 29.8 Å². The third-order valence-corrected chi connectivity index (χ3v) is 6.01. The Hall–Kier alpha value is -2.83. The van der Waals surface area contributed by atoms with Crippen LogP contribution in [0.5, 0.6) is 11.5 Å². The quantitative estimate of drug-likeness (QED) is 0.170. The van der Waals surface area contributed by atoms with E-state index in [-0.39, 0.29) is 5.57 Å². The number of hydrogen-bond donors (Lipinski definition) is 1. The molecular weight excluding hydrogens is 595 g/mol. The molecule has 0 unspecified atom stereocenters. The van der Waals surface area contributed by atoms with Crippen molar-refractivity contribution in [3.8, 4) is 17.6 Å². The number of hydrogen-bond acceptors (Lipinski definition) is 4. The topological polar surface area (TPSA) is 71.3 Å². The summed E-state index contributed by atoms with van der Waals surface area (Å²) in [6, 6.07) is 20.9. The van der Waals surface area contributed by atoms with E-state index in [9.17, 15) is 10.1 Å². The molecular formula is C26H22BrIN2O3. The van der Waals surface area contributed by atoms with Crippen molar-refractivity contribution in [3.63, 3.8) is 0 Å². The van der Waals surface area contributed by atoms with Crippen LogP contribution < -0.4 is 14.8 Å². The number of anilines is 1. The summed E-state index contributed by atoms with van der Waals surface area (Å²) in [6.07, 6.45) is 1.56. The van der Waals surface area contributed by atoms with E-state index in [4.69, 9.17) is 9.47 Å². The molecule has 1 amide bonds. The van der Waals surface area contributed by atoms with Crippen LogP contribution in [-0.2, 0) is 11.4 Å². The van der Waals surface area contributed by atoms with Gasteiger partial charge in [-0.3, -0.25) is 4.79 Å². The van der Waals surface area contributed by atoms with E-state index < -0.39 is 5.91 Å². The molecule has 0 saturated heterocycles. The van der Waals surface area contributed by atoms with Gasteiger partial charge in [0.15, 0.2) is 0 Å². The zero-order valence-electron chi connectivity index (χ0n) is 18.2. The van der Waals surface area contributed by atoms with Crippen LogP contribution in [0.1, 0.15) is 23.6 Å². The van der Waals surface area contributed by atoms with Crippen molar-refractivity contribution in [2.75, 3.05) is 11.9 Å². The lowest BCUT2D eigenvalue weighted by Gasteiger charge is -2.12. The summed E-state index contributed by atoms with van der Waals surface area (Å²) in [4.78, 5) is 12.6. The Kier molecular flexibility index (Phi) is 8.92. The van der Waals surface area contributed by atoms with Crippen LogP contribution in [0.4, 0.5) is 5.69 Å². The van der Waals surface area contributed by atoms with Crippen LogP contribution in [0.25, 0.3) is 6.08 Å². The predicted molar refractivity (Wildman–Crippen MR) is 142 cm³/mol. The van der Waals surface area contributed by atoms with Crippen molar-refractivity contribution in [1.82, 2.24) is 0 Å². The molecule has 0 spiro atoms. The van der Waals surface area contributed by atoms with E-state index in [2.05, 4.69) is 56.0 Å². The molecule has 33 heavy (non-hydrogen) atoms. The lowest BCUT2D eigenvalue weighted by Crippen LogP contribution is -2.13. The predicted octanol–water partition coefficient (Wildman–Crippen LogP) is 6.89. The van der Waals surface area contributed by atoms with E-state index in [0.717, 1.165) is 19.4 Å². The Morgan fingerprint density at radius 2 is 1.82 bits per heavy atom. The summed E-state index contributed by atoms with van der Waals surface area (Å²) in [7, 11) is 0. The number of nitriles is 1. The third-order valence-electron chi connectivity index (χ3n) is 4.62. The largest absolute Gasteiger partial charge is 0.494 e. The highest BCUT2D eigenvalue weighted by atomic mass is 127. The standard InChI is InChI=1S/C26H22BrIN2O3/c1-3-32-22-10-8-21(9-11-22)30-26(31)20(15-29)12-19-13-23(27)25(24(28)14-19)33-16-18-6-4-17(2)5-7-18/h4-14H,3,16H2,1-2H3,(H,30,31)/b20-12-. The SMILES string of the molecule is CCOc1ccc(NC(=O)/C(C#N)=C\c2cc(Br)c(OCc3ccc(C)cc3)c(I)c2)cc1. The molecule has 168 valence electrons. The van der Waals surface area contributed by atoms with Gasteiger partial charge in [-0.25, -0.2) is 0 Å². The van der Waals surface area contributed by atoms with Gasteiger partial charge >= 0.3 is 0 Å². The number of carbonyl (C=O) groups excluding carboxylic acids is 1. The van der Waals surface area contributed by atoms with Crippen molar-refractivity contribution >= 4 is 56.2 Å². The molecule has 0 fully saturated rings. The number of halogens is 2. The number of rotatable bonds is 8.